The van der Waals surface area contributed by atoms with E-state index in [-0.39, 0.29) is 5.41 Å². The van der Waals surface area contributed by atoms with Crippen LogP contribution in [0.15, 0.2) is 11.6 Å². The summed E-state index contributed by atoms with van der Waals surface area (Å²) >= 11 is 0. The summed E-state index contributed by atoms with van der Waals surface area (Å²) in [6, 6.07) is 0. The Balaban J connectivity index is 2.27. The Kier molecular flexibility index (Phi) is 1.64. The number of carbonyl (C=O) groups is 1. The Morgan fingerprint density at radius 1 is 1.58 bits per heavy atom. The molecule has 2 rings (SSSR count). The molecule has 0 heterocycles. The van der Waals surface area contributed by atoms with Crippen molar-refractivity contribution < 1.29 is 4.79 Å². The summed E-state index contributed by atoms with van der Waals surface area (Å²) in [6.45, 7) is 4.44. The highest BCUT2D eigenvalue weighted by atomic mass is 16.1. The molecule has 2 unspecified atom stereocenters. The van der Waals surface area contributed by atoms with Crippen LogP contribution in [-0.4, -0.2) is 5.78 Å². The Morgan fingerprint density at radius 3 is 3.08 bits per heavy atom. The molecule has 0 aliphatic heterocycles. The lowest BCUT2D eigenvalue weighted by atomic mass is 9.66. The van der Waals surface area contributed by atoms with Crippen LogP contribution in [0.2, 0.25) is 0 Å². The van der Waals surface area contributed by atoms with Crippen LogP contribution in [0.25, 0.3) is 0 Å². The molecule has 1 nitrogen and oxygen atoms in total. The van der Waals surface area contributed by atoms with Gasteiger partial charge in [0.15, 0.2) is 0 Å². The van der Waals surface area contributed by atoms with E-state index in [0.29, 0.717) is 5.78 Å². The summed E-state index contributed by atoms with van der Waals surface area (Å²) < 4.78 is 0. The third kappa shape index (κ3) is 0.954. The quantitative estimate of drug-likeness (QED) is 0.503. The summed E-state index contributed by atoms with van der Waals surface area (Å²) in [6.07, 6.45) is 6.25. The van der Waals surface area contributed by atoms with Gasteiger partial charge >= 0.3 is 0 Å². The van der Waals surface area contributed by atoms with Crippen LogP contribution >= 0.6 is 0 Å². The molecule has 0 aromatic carbocycles. The van der Waals surface area contributed by atoms with E-state index in [1.165, 1.54) is 12.0 Å². The molecule has 0 bridgehead atoms. The molecule has 2 aliphatic rings. The number of allylic oxidation sites excluding steroid dienone is 2. The molecule has 1 saturated carbocycles. The van der Waals surface area contributed by atoms with Gasteiger partial charge in [0.2, 0.25) is 0 Å². The van der Waals surface area contributed by atoms with Gasteiger partial charge in [-0.15, -0.1) is 0 Å². The number of Topliss-reactive ketones (excluding diaryl/α,β-unsaturated/α-hetero) is 1. The van der Waals surface area contributed by atoms with Crippen LogP contribution in [0.1, 0.15) is 39.5 Å². The molecule has 0 saturated heterocycles. The van der Waals surface area contributed by atoms with E-state index in [4.69, 9.17) is 0 Å². The molecule has 0 aromatic rings. The molecule has 0 amide bonds. The largest absolute Gasteiger partial charge is 0.300 e. The van der Waals surface area contributed by atoms with Crippen LogP contribution in [0.4, 0.5) is 0 Å². The topological polar surface area (TPSA) is 17.1 Å². The van der Waals surface area contributed by atoms with E-state index in [9.17, 15) is 4.79 Å². The molecule has 2 atom stereocenters. The normalized spacial score (nSPS) is 41.0. The lowest BCUT2D eigenvalue weighted by Crippen LogP contribution is -2.32. The fourth-order valence-corrected chi connectivity index (χ4v) is 2.69. The standard InChI is InChI=1S/C11H16O/c1-8-3-4-9-5-6-10(12)7-11(8,9)2/h3,9H,4-7H2,1-2H3. The zero-order chi connectivity index (χ0) is 8.77. The minimum absolute atomic E-state index is 0.231. The van der Waals surface area contributed by atoms with Crippen molar-refractivity contribution in [2.75, 3.05) is 0 Å². The van der Waals surface area contributed by atoms with Crippen LogP contribution < -0.4 is 0 Å². The van der Waals surface area contributed by atoms with Crippen LogP contribution in [-0.2, 0) is 4.79 Å². The van der Waals surface area contributed by atoms with Crippen molar-refractivity contribution in [2.24, 2.45) is 11.3 Å². The summed E-state index contributed by atoms with van der Waals surface area (Å²) in [5, 5.41) is 0. The summed E-state index contributed by atoms with van der Waals surface area (Å²) in [5.41, 5.74) is 1.68. The maximum absolute atomic E-state index is 11.3. The van der Waals surface area contributed by atoms with Crippen molar-refractivity contribution in [3.8, 4) is 0 Å². The van der Waals surface area contributed by atoms with Crippen LogP contribution in [0.5, 0.6) is 0 Å². The molecule has 0 aromatic heterocycles. The van der Waals surface area contributed by atoms with Gasteiger partial charge in [-0.05, 0) is 31.1 Å². The van der Waals surface area contributed by atoms with Gasteiger partial charge in [-0.2, -0.15) is 0 Å². The maximum Gasteiger partial charge on any atom is 0.133 e. The molecule has 66 valence electrons. The fraction of sp³-hybridized carbons (Fsp3) is 0.727. The van der Waals surface area contributed by atoms with E-state index < -0.39 is 0 Å². The Morgan fingerprint density at radius 2 is 2.33 bits per heavy atom. The van der Waals surface area contributed by atoms with E-state index in [0.717, 1.165) is 25.2 Å². The first-order valence-electron chi connectivity index (χ1n) is 4.82. The van der Waals surface area contributed by atoms with Crippen molar-refractivity contribution in [2.45, 2.75) is 39.5 Å². The SMILES string of the molecule is CC1=CCC2CCC(=O)CC12C. The third-order valence-corrected chi connectivity index (χ3v) is 3.85. The van der Waals surface area contributed by atoms with E-state index in [1.54, 1.807) is 0 Å². The second kappa shape index (κ2) is 2.45. The first-order chi connectivity index (χ1) is 5.63. The van der Waals surface area contributed by atoms with Crippen LogP contribution in [0.3, 0.4) is 0 Å². The molecule has 0 spiro atoms. The van der Waals surface area contributed by atoms with Crippen molar-refractivity contribution in [1.82, 2.24) is 0 Å². The van der Waals surface area contributed by atoms with Crippen LogP contribution in [0, 0.1) is 11.3 Å². The van der Waals surface area contributed by atoms with E-state index in [2.05, 4.69) is 19.9 Å². The highest BCUT2D eigenvalue weighted by Gasteiger charge is 2.43. The number of hydrogen-bond donors (Lipinski definition) is 0. The molecule has 1 fully saturated rings. The lowest BCUT2D eigenvalue weighted by molar-refractivity contribution is -0.124. The molecule has 0 radical (unpaired) electrons. The highest BCUT2D eigenvalue weighted by molar-refractivity contribution is 5.80. The molecule has 12 heavy (non-hydrogen) atoms. The van der Waals surface area contributed by atoms with Crippen molar-refractivity contribution in [3.05, 3.63) is 11.6 Å². The Hall–Kier alpha value is -0.590. The number of fused-ring (bicyclic) bond motifs is 1. The number of ketones is 1. The second-order valence-corrected chi connectivity index (χ2v) is 4.49. The lowest BCUT2D eigenvalue weighted by Gasteiger charge is -2.37. The summed E-state index contributed by atoms with van der Waals surface area (Å²) in [5.74, 6) is 1.22. The molecular weight excluding hydrogens is 148 g/mol. The average molecular weight is 164 g/mol. The third-order valence-electron chi connectivity index (χ3n) is 3.85. The van der Waals surface area contributed by atoms with Crippen molar-refractivity contribution in [1.29, 1.82) is 0 Å². The zero-order valence-electron chi connectivity index (χ0n) is 7.89. The van der Waals surface area contributed by atoms with Gasteiger partial charge in [0.25, 0.3) is 0 Å². The summed E-state index contributed by atoms with van der Waals surface area (Å²) in [7, 11) is 0. The fourth-order valence-electron chi connectivity index (χ4n) is 2.69. The smallest absolute Gasteiger partial charge is 0.133 e. The van der Waals surface area contributed by atoms with Crippen molar-refractivity contribution in [3.63, 3.8) is 0 Å². The minimum Gasteiger partial charge on any atom is -0.300 e. The zero-order valence-corrected chi connectivity index (χ0v) is 7.89. The molecule has 2 aliphatic carbocycles. The van der Waals surface area contributed by atoms with Gasteiger partial charge < -0.3 is 0 Å². The van der Waals surface area contributed by atoms with Gasteiger partial charge in [0, 0.05) is 12.8 Å². The van der Waals surface area contributed by atoms with Gasteiger partial charge in [-0.1, -0.05) is 18.6 Å². The molecular formula is C11H16O. The monoisotopic (exact) mass is 164 g/mol. The molecule has 1 heteroatoms. The van der Waals surface area contributed by atoms with Crippen molar-refractivity contribution >= 4 is 5.78 Å². The maximum atomic E-state index is 11.3. The van der Waals surface area contributed by atoms with Gasteiger partial charge in [-0.25, -0.2) is 0 Å². The summed E-state index contributed by atoms with van der Waals surface area (Å²) in [4.78, 5) is 11.3. The van der Waals surface area contributed by atoms with Gasteiger partial charge in [-0.3, -0.25) is 4.79 Å². The van der Waals surface area contributed by atoms with Gasteiger partial charge in [0.05, 0.1) is 0 Å². The first-order valence-corrected chi connectivity index (χ1v) is 4.82. The number of hydrogen-bond acceptors (Lipinski definition) is 1. The number of carbonyl (C=O) groups excluding carboxylic acids is 1. The predicted molar refractivity (Wildman–Crippen MR) is 48.8 cm³/mol. The Bertz CT molecular complexity index is 252. The first kappa shape index (κ1) is 8.03. The second-order valence-electron chi connectivity index (χ2n) is 4.49. The van der Waals surface area contributed by atoms with E-state index >= 15 is 0 Å². The number of rotatable bonds is 0. The van der Waals surface area contributed by atoms with Gasteiger partial charge in [0.1, 0.15) is 5.78 Å². The minimum atomic E-state index is 0.231. The predicted octanol–water partition coefficient (Wildman–Crippen LogP) is 2.71. The Labute approximate surface area is 73.8 Å². The van der Waals surface area contributed by atoms with E-state index in [1.807, 2.05) is 0 Å². The average Bonchev–Trinajstić information content (AvgIpc) is 2.28. The highest BCUT2D eigenvalue weighted by Crippen LogP contribution is 2.50. The molecule has 0 N–H and O–H groups in total.